The van der Waals surface area contributed by atoms with Gasteiger partial charge in [-0.05, 0) is 217 Å². The summed E-state index contributed by atoms with van der Waals surface area (Å²) >= 11 is 2.11. The zero-order chi connectivity index (χ0) is 81.3. The third-order valence-electron chi connectivity index (χ3n) is 24.4. The fourth-order valence-electron chi connectivity index (χ4n) is 19.1. The highest BCUT2D eigenvalue weighted by Crippen LogP contribution is 2.55. The van der Waals surface area contributed by atoms with Crippen LogP contribution in [0.2, 0.25) is 51.4 Å². The molecule has 12 aromatic rings. The van der Waals surface area contributed by atoms with Gasteiger partial charge in [-0.3, -0.25) is 44.2 Å². The summed E-state index contributed by atoms with van der Waals surface area (Å²) < 4.78 is 16.8. The molecule has 0 saturated heterocycles. The van der Waals surface area contributed by atoms with Crippen LogP contribution < -0.4 is 15.1 Å². The molecule has 608 valence electrons. The summed E-state index contributed by atoms with van der Waals surface area (Å²) in [7, 11) is -2.23. The lowest BCUT2D eigenvalue weighted by molar-refractivity contribution is -0.123. The number of hydrogen-bond donors (Lipinski definition) is 5. The molecule has 3 aliphatic carbocycles. The van der Waals surface area contributed by atoms with Gasteiger partial charge in [0.1, 0.15) is 28.6 Å². The number of carbonyl (C=O) groups is 3. The molecule has 0 radical (unpaired) electrons. The quantitative estimate of drug-likeness (QED) is 0.0214. The van der Waals surface area contributed by atoms with Crippen LogP contribution in [-0.4, -0.2) is 122 Å². The smallest absolute Gasteiger partial charge is 0.243 e. The van der Waals surface area contributed by atoms with Gasteiger partial charge in [-0.15, -0.1) is 0 Å². The van der Waals surface area contributed by atoms with Crippen LogP contribution in [0.4, 0.5) is 28.7 Å². The van der Waals surface area contributed by atoms with Crippen molar-refractivity contribution in [2.45, 2.75) is 257 Å². The van der Waals surface area contributed by atoms with E-state index >= 15 is 0 Å². The van der Waals surface area contributed by atoms with Crippen molar-refractivity contribution in [2.24, 2.45) is 0 Å². The number of anilines is 5. The SMILES string of the molecule is CCCC1(CCC)C(=O)N(c2cnccn2)c2cc3c4c([nH]c3cc21)-c1[nH]ncc1CCC4.CCCC1(CCC)C(=O)N(c2cnccn2)c2cc3c4c([nH]c3cc21)-c1nn(COCC[Si](C)(C)C)cc1CCC4.CCCC1(CCC)C(=O)Nc2cc3c4c([nH]c3cc21)-c1nn(COCC[Si](C)(C)C)cc1CCC4.Ic1cnccn1. The van der Waals surface area contributed by atoms with Crippen molar-refractivity contribution in [1.82, 2.24) is 74.6 Å². The molecule has 0 bridgehead atoms. The number of ether oxygens (including phenoxy) is 2. The Morgan fingerprint density at radius 1 is 0.457 bits per heavy atom. The highest BCUT2D eigenvalue weighted by Gasteiger charge is 2.53. The number of nitrogens with zero attached hydrogens (tertiary/aromatic N) is 13. The van der Waals surface area contributed by atoms with Gasteiger partial charge in [-0.1, -0.05) is 119 Å². The van der Waals surface area contributed by atoms with Crippen molar-refractivity contribution in [1.29, 1.82) is 0 Å². The number of halogens is 1. The lowest BCUT2D eigenvalue weighted by atomic mass is 9.74. The van der Waals surface area contributed by atoms with E-state index in [1.165, 1.54) is 50.2 Å². The van der Waals surface area contributed by atoms with E-state index in [4.69, 9.17) is 19.7 Å². The molecular formula is C90H113IN18O5Si2. The van der Waals surface area contributed by atoms with Gasteiger partial charge in [-0.2, -0.15) is 15.3 Å². The van der Waals surface area contributed by atoms with Gasteiger partial charge in [0.15, 0.2) is 11.6 Å². The first-order valence-electron chi connectivity index (χ1n) is 42.4. The molecular weight excluding hydrogens is 1600 g/mol. The maximum atomic E-state index is 14.3. The molecule has 0 saturated carbocycles. The third-order valence-corrected chi connectivity index (χ3v) is 28.3. The van der Waals surface area contributed by atoms with E-state index in [1.807, 2.05) is 25.4 Å². The van der Waals surface area contributed by atoms with E-state index in [9.17, 15) is 14.4 Å². The molecule has 0 atom stereocenters. The Hall–Kier alpha value is -9.36. The summed E-state index contributed by atoms with van der Waals surface area (Å²) in [5.41, 5.74) is 22.3. The average Bonchev–Trinajstić information content (AvgIpc) is 1.56. The standard InChI is InChI=1S/C32H42N6O2Si.C28H40N4O2Si.C26H28N6O.C4H3IN2/c1-6-11-32(12-7-2)25-18-26-24(17-27(25)38(31(32)39)28-19-33-13-14-34-28)23-10-8-9-22-20-37(36-29(22)30(23)35-26)21-40-15-16-41(3,4)5;1-6-11-28(12-7-2)22-16-23-21(15-24(22)30-27(28)33)20-10-8-9-19-17-32(31-25(19)26(20)29-23)18-34-13-14-35(3,4)5;1-3-8-26(9-4-2)19-13-20-18(12-21(19)32(25(26)33)22-15-27-10-11-28-22)17-7-5-6-16-14-29-31-23(16)24(17)30-20;5-4-3-6-1-2-7-4/h13-14,17-20,35H,6-12,15-16,21H2,1-5H3;15-17,29H,6-14,18H2,1-5H3,(H,30,33);10-15,30H,3-9H2,1-2H3,(H,29,31);1-3H. The number of carbonyl (C=O) groups excluding carboxylic acids is 3. The van der Waals surface area contributed by atoms with Gasteiger partial charge in [0.2, 0.25) is 17.7 Å². The van der Waals surface area contributed by atoms with Gasteiger partial charge < -0.3 is 29.7 Å². The monoisotopic (exact) mass is 1710 g/mol. The largest absolute Gasteiger partial charge is 0.360 e. The predicted molar refractivity (Wildman–Crippen MR) is 475 cm³/mol. The van der Waals surface area contributed by atoms with Crippen LogP contribution in [0.25, 0.3) is 66.9 Å². The second-order valence-corrected chi connectivity index (χ2v) is 47.3. The summed E-state index contributed by atoms with van der Waals surface area (Å²) in [6, 6.07) is 15.7. The molecule has 9 aromatic heterocycles. The van der Waals surface area contributed by atoms with Crippen molar-refractivity contribution in [2.75, 3.05) is 28.3 Å². The minimum Gasteiger partial charge on any atom is -0.360 e. The fourth-order valence-corrected chi connectivity index (χ4v) is 20.9. The first kappa shape index (κ1) is 81.8. The van der Waals surface area contributed by atoms with E-state index in [1.54, 1.807) is 55.8 Å². The number of fused-ring (bicyclic) bond motifs is 18. The summed E-state index contributed by atoms with van der Waals surface area (Å²) in [4.78, 5) is 81.7. The first-order valence-corrected chi connectivity index (χ1v) is 50.9. The number of aromatic nitrogens is 15. The number of hydrogen-bond acceptors (Lipinski definition) is 14. The normalized spacial score (nSPS) is 16.0. The number of rotatable bonds is 24. The van der Waals surface area contributed by atoms with Gasteiger partial charge in [0.05, 0.1) is 75.2 Å². The molecule has 3 aliphatic heterocycles. The van der Waals surface area contributed by atoms with Crippen molar-refractivity contribution >= 4 is 118 Å². The van der Waals surface area contributed by atoms with Gasteiger partial charge in [-0.25, -0.2) is 24.3 Å². The summed E-state index contributed by atoms with van der Waals surface area (Å²) in [5, 5.41) is 24.3. The predicted octanol–water partition coefficient (Wildman–Crippen LogP) is 20.2. The number of benzene rings is 3. The Labute approximate surface area is 696 Å². The van der Waals surface area contributed by atoms with Gasteiger partial charge in [0, 0.05) is 117 Å². The molecule has 6 aliphatic rings. The Bertz CT molecular complexity index is 5520. The van der Waals surface area contributed by atoms with Crippen molar-refractivity contribution in [3.8, 4) is 34.2 Å². The summed E-state index contributed by atoms with van der Waals surface area (Å²) in [6.45, 7) is 29.8. The highest BCUT2D eigenvalue weighted by atomic mass is 127. The first-order chi connectivity index (χ1) is 56.1. The molecule has 0 unspecified atom stereocenters. The summed E-state index contributed by atoms with van der Waals surface area (Å²) in [5.74, 6) is 1.59. The molecule has 0 spiro atoms. The molecule has 3 amide bonds. The second-order valence-electron chi connectivity index (χ2n) is 35.0. The molecule has 12 heterocycles. The van der Waals surface area contributed by atoms with E-state index in [0.29, 0.717) is 25.1 Å². The molecule has 3 aromatic carbocycles. The maximum Gasteiger partial charge on any atom is 0.243 e. The molecule has 5 N–H and O–H groups in total. The second kappa shape index (κ2) is 34.3. The van der Waals surface area contributed by atoms with E-state index in [0.717, 1.165) is 248 Å². The van der Waals surface area contributed by atoms with Crippen LogP contribution in [0.15, 0.2) is 111 Å². The van der Waals surface area contributed by atoms with E-state index < -0.39 is 32.4 Å². The van der Waals surface area contributed by atoms with Gasteiger partial charge in [0.25, 0.3) is 0 Å². The van der Waals surface area contributed by atoms with Crippen LogP contribution in [-0.2, 0) is 92.1 Å². The summed E-state index contributed by atoms with van der Waals surface area (Å²) in [6.07, 6.45) is 41.3. The Morgan fingerprint density at radius 2 is 0.871 bits per heavy atom. The number of H-pyrrole nitrogens is 4. The lowest BCUT2D eigenvalue weighted by Gasteiger charge is -2.28. The van der Waals surface area contributed by atoms with Crippen molar-refractivity contribution in [3.63, 3.8) is 0 Å². The van der Waals surface area contributed by atoms with Crippen molar-refractivity contribution in [3.05, 3.63) is 165 Å². The van der Waals surface area contributed by atoms with E-state index in [2.05, 4.69) is 213 Å². The van der Waals surface area contributed by atoms with Crippen LogP contribution in [0.5, 0.6) is 0 Å². The van der Waals surface area contributed by atoms with Crippen molar-refractivity contribution < 1.29 is 23.9 Å². The van der Waals surface area contributed by atoms with Crippen LogP contribution in [0, 0.1) is 3.70 Å². The molecule has 0 fully saturated rings. The molecule has 18 rings (SSSR count). The Balaban J connectivity index is 0.000000131. The van der Waals surface area contributed by atoms with E-state index in [-0.39, 0.29) is 17.7 Å². The number of aryl methyl sites for hydroxylation is 6. The van der Waals surface area contributed by atoms with Crippen LogP contribution >= 0.6 is 22.6 Å². The maximum absolute atomic E-state index is 14.3. The topological polar surface area (TPSA) is 277 Å². The minimum atomic E-state index is -1.13. The Morgan fingerprint density at radius 3 is 1.28 bits per heavy atom. The lowest BCUT2D eigenvalue weighted by Crippen LogP contribution is -2.38. The molecule has 26 heteroatoms. The number of nitrogens with one attached hydrogen (secondary N) is 5. The van der Waals surface area contributed by atoms with Gasteiger partial charge >= 0.3 is 0 Å². The zero-order valence-electron chi connectivity index (χ0n) is 69.7. The Kier molecular flexibility index (Phi) is 24.2. The number of aromatic amines is 4. The average molecular weight is 1710 g/mol. The molecule has 116 heavy (non-hydrogen) atoms. The number of amides is 3. The molecule has 23 nitrogen and oxygen atoms in total. The van der Waals surface area contributed by atoms with Crippen LogP contribution in [0.1, 0.15) is 188 Å². The fraction of sp³-hybridized carbons (Fsp3) is 0.467. The third kappa shape index (κ3) is 15.8. The zero-order valence-corrected chi connectivity index (χ0v) is 73.9. The van der Waals surface area contributed by atoms with Crippen LogP contribution in [0.3, 0.4) is 0 Å². The minimum absolute atomic E-state index is 0.116. The highest BCUT2D eigenvalue weighted by molar-refractivity contribution is 14.1.